The van der Waals surface area contributed by atoms with E-state index in [1.54, 1.807) is 14.1 Å². The average Bonchev–Trinajstić information content (AvgIpc) is 2.16. The van der Waals surface area contributed by atoms with Crippen molar-refractivity contribution in [2.45, 2.75) is 37.9 Å². The van der Waals surface area contributed by atoms with Gasteiger partial charge in [0, 0.05) is 14.1 Å². The van der Waals surface area contributed by atoms with E-state index in [2.05, 4.69) is 0 Å². The van der Waals surface area contributed by atoms with Gasteiger partial charge in [-0.2, -0.15) is 0 Å². The Morgan fingerprint density at radius 3 is 2.43 bits per heavy atom. The molecule has 0 bridgehead atoms. The van der Waals surface area contributed by atoms with Crippen LogP contribution in [0, 0.1) is 0 Å². The van der Waals surface area contributed by atoms with Crippen molar-refractivity contribution >= 4 is 5.91 Å². The van der Waals surface area contributed by atoms with E-state index in [1.807, 2.05) is 0 Å². The van der Waals surface area contributed by atoms with E-state index in [1.165, 1.54) is 4.90 Å². The maximum atomic E-state index is 11.2. The number of hydrogen-bond donors (Lipinski definition) is 1. The molecular weight excluding hydrogens is 182 g/mol. The summed E-state index contributed by atoms with van der Waals surface area (Å²) in [6.07, 6.45) is 3.30. The summed E-state index contributed by atoms with van der Waals surface area (Å²) in [5.41, 5.74) is 0. The van der Waals surface area contributed by atoms with E-state index in [0.29, 0.717) is 0 Å². The molecule has 0 spiro atoms. The van der Waals surface area contributed by atoms with Gasteiger partial charge in [0.1, 0.15) is 6.61 Å². The zero-order valence-corrected chi connectivity index (χ0v) is 8.90. The molecule has 82 valence electrons. The molecule has 0 atom stereocenters. The Hall–Kier alpha value is -0.610. The molecule has 0 aromatic heterocycles. The molecule has 1 amide bonds. The van der Waals surface area contributed by atoms with Gasteiger partial charge in [0.25, 0.3) is 0 Å². The number of carbonyl (C=O) groups excluding carboxylic acids is 1. The lowest BCUT2D eigenvalue weighted by Crippen LogP contribution is -2.31. The minimum Gasteiger partial charge on any atom is -0.393 e. The number of amides is 1. The molecule has 1 N–H and O–H groups in total. The van der Waals surface area contributed by atoms with Crippen LogP contribution in [0.1, 0.15) is 25.7 Å². The first-order valence-corrected chi connectivity index (χ1v) is 5.09. The van der Waals surface area contributed by atoms with Crippen molar-refractivity contribution in [3.63, 3.8) is 0 Å². The molecule has 0 aliphatic heterocycles. The predicted molar refractivity (Wildman–Crippen MR) is 52.9 cm³/mol. The molecule has 0 aromatic rings. The van der Waals surface area contributed by atoms with E-state index < -0.39 is 0 Å². The maximum absolute atomic E-state index is 11.2. The fraction of sp³-hybridized carbons (Fsp3) is 0.900. The monoisotopic (exact) mass is 201 g/mol. The van der Waals surface area contributed by atoms with Gasteiger partial charge >= 0.3 is 0 Å². The van der Waals surface area contributed by atoms with Crippen molar-refractivity contribution in [1.82, 2.24) is 4.90 Å². The van der Waals surface area contributed by atoms with Gasteiger partial charge in [-0.05, 0) is 25.7 Å². The van der Waals surface area contributed by atoms with Crippen molar-refractivity contribution in [2.75, 3.05) is 20.7 Å². The van der Waals surface area contributed by atoms with Crippen molar-refractivity contribution < 1.29 is 14.6 Å². The number of likely N-dealkylation sites (N-methyl/N-ethyl adjacent to an activating group) is 1. The van der Waals surface area contributed by atoms with Gasteiger partial charge in [0.2, 0.25) is 5.91 Å². The van der Waals surface area contributed by atoms with Gasteiger partial charge in [-0.15, -0.1) is 0 Å². The smallest absolute Gasteiger partial charge is 0.248 e. The second-order valence-electron chi connectivity index (χ2n) is 4.03. The van der Waals surface area contributed by atoms with Gasteiger partial charge < -0.3 is 14.7 Å². The van der Waals surface area contributed by atoms with Gasteiger partial charge in [0.15, 0.2) is 0 Å². The number of aliphatic hydroxyl groups excluding tert-OH is 1. The van der Waals surface area contributed by atoms with Crippen LogP contribution in [0.4, 0.5) is 0 Å². The van der Waals surface area contributed by atoms with Gasteiger partial charge in [-0.3, -0.25) is 4.79 Å². The van der Waals surface area contributed by atoms with E-state index in [4.69, 9.17) is 4.74 Å². The molecule has 0 aromatic carbocycles. The highest BCUT2D eigenvalue weighted by Gasteiger charge is 2.20. The van der Waals surface area contributed by atoms with Gasteiger partial charge in [-0.25, -0.2) is 0 Å². The van der Waals surface area contributed by atoms with Crippen molar-refractivity contribution in [3.8, 4) is 0 Å². The highest BCUT2D eigenvalue weighted by Crippen LogP contribution is 2.20. The average molecular weight is 201 g/mol. The third-order valence-corrected chi connectivity index (χ3v) is 2.59. The Balaban J connectivity index is 2.16. The normalized spacial score (nSPS) is 27.4. The Bertz CT molecular complexity index is 186. The second kappa shape index (κ2) is 5.32. The molecule has 1 fully saturated rings. The third-order valence-electron chi connectivity index (χ3n) is 2.59. The molecule has 0 heterocycles. The van der Waals surface area contributed by atoms with Crippen molar-refractivity contribution in [1.29, 1.82) is 0 Å². The number of ether oxygens (including phenoxy) is 1. The van der Waals surface area contributed by atoms with Crippen molar-refractivity contribution in [2.24, 2.45) is 0 Å². The Labute approximate surface area is 84.8 Å². The third kappa shape index (κ3) is 3.64. The first-order chi connectivity index (χ1) is 6.59. The Morgan fingerprint density at radius 2 is 1.93 bits per heavy atom. The lowest BCUT2D eigenvalue weighted by atomic mass is 9.95. The largest absolute Gasteiger partial charge is 0.393 e. The molecule has 14 heavy (non-hydrogen) atoms. The molecular formula is C10H19NO3. The summed E-state index contributed by atoms with van der Waals surface area (Å²) in [5, 5.41) is 9.26. The first kappa shape index (κ1) is 11.5. The molecule has 1 rings (SSSR count). The van der Waals surface area contributed by atoms with Crippen LogP contribution in [0.5, 0.6) is 0 Å². The number of carbonyl (C=O) groups is 1. The first-order valence-electron chi connectivity index (χ1n) is 5.09. The minimum atomic E-state index is -0.167. The fourth-order valence-electron chi connectivity index (χ4n) is 1.53. The SMILES string of the molecule is CN(C)C(=O)COC1CCC(O)CC1. The Morgan fingerprint density at radius 1 is 1.36 bits per heavy atom. The van der Waals surface area contributed by atoms with E-state index in [9.17, 15) is 9.90 Å². The zero-order chi connectivity index (χ0) is 10.6. The van der Waals surface area contributed by atoms with Crippen LogP contribution < -0.4 is 0 Å². The second-order valence-corrected chi connectivity index (χ2v) is 4.03. The minimum absolute atomic E-state index is 0.00359. The quantitative estimate of drug-likeness (QED) is 0.719. The van der Waals surface area contributed by atoms with Gasteiger partial charge in [0.05, 0.1) is 12.2 Å². The standard InChI is InChI=1S/C10H19NO3/c1-11(2)10(13)7-14-9-5-3-8(12)4-6-9/h8-9,12H,3-7H2,1-2H3. The zero-order valence-electron chi connectivity index (χ0n) is 8.90. The summed E-state index contributed by atoms with van der Waals surface area (Å²) < 4.78 is 5.45. The fourth-order valence-corrected chi connectivity index (χ4v) is 1.53. The lowest BCUT2D eigenvalue weighted by molar-refractivity contribution is -0.136. The number of nitrogens with zero attached hydrogens (tertiary/aromatic N) is 1. The highest BCUT2D eigenvalue weighted by molar-refractivity contribution is 5.76. The summed E-state index contributed by atoms with van der Waals surface area (Å²) in [6.45, 7) is 0.160. The molecule has 0 unspecified atom stereocenters. The lowest BCUT2D eigenvalue weighted by Gasteiger charge is -2.25. The van der Waals surface area contributed by atoms with Crippen LogP contribution in [0.25, 0.3) is 0 Å². The summed E-state index contributed by atoms with van der Waals surface area (Å²) >= 11 is 0. The highest BCUT2D eigenvalue weighted by atomic mass is 16.5. The maximum Gasteiger partial charge on any atom is 0.248 e. The molecule has 4 heteroatoms. The molecule has 1 aliphatic carbocycles. The van der Waals surface area contributed by atoms with E-state index in [0.717, 1.165) is 25.7 Å². The number of hydrogen-bond acceptors (Lipinski definition) is 3. The van der Waals surface area contributed by atoms with E-state index in [-0.39, 0.29) is 24.7 Å². The Kier molecular flexibility index (Phi) is 4.35. The summed E-state index contributed by atoms with van der Waals surface area (Å²) in [6, 6.07) is 0. The van der Waals surface area contributed by atoms with Crippen LogP contribution in [-0.2, 0) is 9.53 Å². The number of rotatable bonds is 3. The topological polar surface area (TPSA) is 49.8 Å². The molecule has 1 saturated carbocycles. The molecule has 0 saturated heterocycles. The van der Waals surface area contributed by atoms with E-state index >= 15 is 0 Å². The molecule has 1 aliphatic rings. The van der Waals surface area contributed by atoms with Crippen molar-refractivity contribution in [3.05, 3.63) is 0 Å². The summed E-state index contributed by atoms with van der Waals surface area (Å²) in [5.74, 6) is -0.00359. The van der Waals surface area contributed by atoms with Crippen LogP contribution in [0.15, 0.2) is 0 Å². The predicted octanol–water partition coefficient (Wildman–Crippen LogP) is 0.395. The van der Waals surface area contributed by atoms with Crippen LogP contribution in [0.3, 0.4) is 0 Å². The number of aliphatic hydroxyl groups is 1. The molecule has 4 nitrogen and oxygen atoms in total. The summed E-state index contributed by atoms with van der Waals surface area (Å²) in [4.78, 5) is 12.7. The van der Waals surface area contributed by atoms with Gasteiger partial charge in [-0.1, -0.05) is 0 Å². The van der Waals surface area contributed by atoms with Crippen LogP contribution >= 0.6 is 0 Å². The van der Waals surface area contributed by atoms with Crippen LogP contribution in [0.2, 0.25) is 0 Å². The molecule has 0 radical (unpaired) electrons. The van der Waals surface area contributed by atoms with Crippen LogP contribution in [-0.4, -0.2) is 48.8 Å². The summed E-state index contributed by atoms with van der Waals surface area (Å²) in [7, 11) is 3.44.